The van der Waals surface area contributed by atoms with E-state index in [9.17, 15) is 8.42 Å². The van der Waals surface area contributed by atoms with Crippen LogP contribution in [-0.2, 0) is 16.8 Å². The van der Waals surface area contributed by atoms with E-state index in [1.807, 2.05) is 30.3 Å². The van der Waals surface area contributed by atoms with Crippen LogP contribution >= 0.6 is 15.9 Å². The van der Waals surface area contributed by atoms with Crippen LogP contribution in [0.3, 0.4) is 0 Å². The lowest BCUT2D eigenvalue weighted by molar-refractivity contribution is 0.464. The van der Waals surface area contributed by atoms with Crippen molar-refractivity contribution >= 4 is 26.1 Å². The Morgan fingerprint density at radius 2 is 2.00 bits per heavy atom. The van der Waals surface area contributed by atoms with Crippen molar-refractivity contribution in [2.24, 2.45) is 0 Å². The Morgan fingerprint density at radius 1 is 1.39 bits per heavy atom. The average molecular weight is 332 g/mol. The first kappa shape index (κ1) is 15.1. The van der Waals surface area contributed by atoms with Crippen LogP contribution in [0.4, 0.5) is 0 Å². The number of benzene rings is 1. The van der Waals surface area contributed by atoms with Crippen LogP contribution in [0.25, 0.3) is 0 Å². The summed E-state index contributed by atoms with van der Waals surface area (Å²) in [5.74, 6) is 0. The molecule has 18 heavy (non-hydrogen) atoms. The highest BCUT2D eigenvalue weighted by Crippen LogP contribution is 2.10. The lowest BCUT2D eigenvalue weighted by atomic mass is 10.2. The van der Waals surface area contributed by atoms with E-state index in [0.717, 1.165) is 14.3 Å². The van der Waals surface area contributed by atoms with Gasteiger partial charge in [0.25, 0.3) is 10.2 Å². The van der Waals surface area contributed by atoms with Crippen LogP contribution in [0, 0.1) is 11.3 Å². The van der Waals surface area contributed by atoms with Gasteiger partial charge in [-0.2, -0.15) is 22.7 Å². The fraction of sp³-hybridized carbons (Fsp3) is 0.364. The zero-order chi connectivity index (χ0) is 13.6. The number of nitrogens with one attached hydrogen (secondary N) is 1. The van der Waals surface area contributed by atoms with Crippen molar-refractivity contribution < 1.29 is 8.42 Å². The molecule has 0 unspecified atom stereocenters. The van der Waals surface area contributed by atoms with E-state index < -0.39 is 10.2 Å². The first-order chi connectivity index (χ1) is 8.45. The summed E-state index contributed by atoms with van der Waals surface area (Å²) in [6.07, 6.45) is 0.176. The molecule has 7 heteroatoms. The minimum Gasteiger partial charge on any atom is -0.198 e. The summed E-state index contributed by atoms with van der Waals surface area (Å²) in [6, 6.07) is 9.28. The van der Waals surface area contributed by atoms with Gasteiger partial charge in [0, 0.05) is 31.0 Å². The standard InChI is InChI=1S/C11H14BrN3O2S/c1-15(8-2-7-13)18(16,17)14-9-10-3-5-11(12)6-4-10/h3-6,14H,2,8-9H2,1H3. The molecule has 1 N–H and O–H groups in total. The second-order valence-electron chi connectivity index (χ2n) is 3.68. The lowest BCUT2D eigenvalue weighted by Gasteiger charge is -2.16. The maximum absolute atomic E-state index is 11.8. The maximum atomic E-state index is 11.8. The zero-order valence-electron chi connectivity index (χ0n) is 9.93. The van der Waals surface area contributed by atoms with Crippen LogP contribution in [0.2, 0.25) is 0 Å². The first-order valence-corrected chi connectivity index (χ1v) is 7.51. The van der Waals surface area contributed by atoms with Gasteiger partial charge in [0.05, 0.1) is 6.07 Å². The van der Waals surface area contributed by atoms with E-state index in [0.29, 0.717) is 0 Å². The molecule has 0 aliphatic carbocycles. The van der Waals surface area contributed by atoms with E-state index in [4.69, 9.17) is 5.26 Å². The second kappa shape index (κ2) is 6.85. The van der Waals surface area contributed by atoms with Gasteiger partial charge in [0.1, 0.15) is 0 Å². The topological polar surface area (TPSA) is 73.2 Å². The number of hydrogen-bond donors (Lipinski definition) is 1. The third-order valence-electron chi connectivity index (χ3n) is 2.32. The fourth-order valence-corrected chi connectivity index (χ4v) is 2.38. The van der Waals surface area contributed by atoms with Crippen molar-refractivity contribution in [3.63, 3.8) is 0 Å². The smallest absolute Gasteiger partial charge is 0.198 e. The molecule has 1 rings (SSSR count). The fourth-order valence-electron chi connectivity index (χ4n) is 1.21. The van der Waals surface area contributed by atoms with Crippen molar-refractivity contribution in [3.8, 4) is 6.07 Å². The van der Waals surface area contributed by atoms with E-state index in [-0.39, 0.29) is 19.5 Å². The zero-order valence-corrected chi connectivity index (χ0v) is 12.3. The number of halogens is 1. The van der Waals surface area contributed by atoms with Gasteiger partial charge in [-0.15, -0.1) is 0 Å². The van der Waals surface area contributed by atoms with Crippen molar-refractivity contribution in [1.82, 2.24) is 9.03 Å². The molecule has 0 amide bonds. The highest BCUT2D eigenvalue weighted by Gasteiger charge is 2.16. The molecule has 0 atom stereocenters. The van der Waals surface area contributed by atoms with Gasteiger partial charge in [-0.05, 0) is 17.7 Å². The molecule has 0 heterocycles. The number of rotatable bonds is 6. The molecule has 0 aromatic heterocycles. The van der Waals surface area contributed by atoms with Crippen LogP contribution < -0.4 is 4.72 Å². The highest BCUT2D eigenvalue weighted by molar-refractivity contribution is 9.10. The lowest BCUT2D eigenvalue weighted by Crippen LogP contribution is -2.38. The Labute approximate surface area is 116 Å². The summed E-state index contributed by atoms with van der Waals surface area (Å²) < 4.78 is 28.1. The van der Waals surface area contributed by atoms with Gasteiger partial charge in [0.2, 0.25) is 0 Å². The molecule has 0 saturated carbocycles. The predicted molar refractivity (Wildman–Crippen MR) is 72.8 cm³/mol. The molecule has 0 saturated heterocycles. The van der Waals surface area contributed by atoms with E-state index in [1.54, 1.807) is 0 Å². The Bertz CT molecular complexity index is 522. The molecular formula is C11H14BrN3O2S. The SMILES string of the molecule is CN(CCC#N)S(=O)(=O)NCc1ccc(Br)cc1. The molecule has 0 bridgehead atoms. The molecule has 1 aromatic rings. The Kier molecular flexibility index (Phi) is 5.75. The predicted octanol–water partition coefficient (Wildman–Crippen LogP) is 1.63. The summed E-state index contributed by atoms with van der Waals surface area (Å²) in [4.78, 5) is 0. The van der Waals surface area contributed by atoms with Gasteiger partial charge < -0.3 is 0 Å². The largest absolute Gasteiger partial charge is 0.279 e. The van der Waals surface area contributed by atoms with E-state index >= 15 is 0 Å². The third-order valence-corrected chi connectivity index (χ3v) is 4.36. The van der Waals surface area contributed by atoms with Crippen molar-refractivity contribution in [3.05, 3.63) is 34.3 Å². The van der Waals surface area contributed by atoms with Crippen LogP contribution in [-0.4, -0.2) is 26.3 Å². The van der Waals surface area contributed by atoms with Crippen LogP contribution in [0.5, 0.6) is 0 Å². The van der Waals surface area contributed by atoms with Crippen molar-refractivity contribution in [1.29, 1.82) is 5.26 Å². The molecule has 0 spiro atoms. The van der Waals surface area contributed by atoms with Gasteiger partial charge >= 0.3 is 0 Å². The van der Waals surface area contributed by atoms with E-state index in [1.165, 1.54) is 7.05 Å². The summed E-state index contributed by atoms with van der Waals surface area (Å²) in [5.41, 5.74) is 0.871. The molecule has 0 aliphatic heterocycles. The number of nitrogens with zero attached hydrogens (tertiary/aromatic N) is 2. The Hall–Kier alpha value is -0.940. The summed E-state index contributed by atoms with van der Waals surface area (Å²) >= 11 is 3.31. The Morgan fingerprint density at radius 3 is 2.56 bits per heavy atom. The number of hydrogen-bond acceptors (Lipinski definition) is 3. The monoisotopic (exact) mass is 331 g/mol. The van der Waals surface area contributed by atoms with Crippen LogP contribution in [0.1, 0.15) is 12.0 Å². The average Bonchev–Trinajstić information content (AvgIpc) is 2.35. The van der Waals surface area contributed by atoms with Gasteiger partial charge in [-0.3, -0.25) is 0 Å². The third kappa shape index (κ3) is 4.74. The molecule has 98 valence electrons. The van der Waals surface area contributed by atoms with E-state index in [2.05, 4.69) is 20.7 Å². The highest BCUT2D eigenvalue weighted by atomic mass is 79.9. The second-order valence-corrected chi connectivity index (χ2v) is 6.46. The minimum atomic E-state index is -3.52. The molecular weight excluding hydrogens is 318 g/mol. The minimum absolute atomic E-state index is 0.176. The molecule has 5 nitrogen and oxygen atoms in total. The molecule has 0 radical (unpaired) electrons. The van der Waals surface area contributed by atoms with Gasteiger partial charge in [-0.1, -0.05) is 28.1 Å². The van der Waals surface area contributed by atoms with Gasteiger partial charge in [-0.25, -0.2) is 0 Å². The summed E-state index contributed by atoms with van der Waals surface area (Å²) in [5, 5.41) is 8.42. The Balaban J connectivity index is 2.56. The van der Waals surface area contributed by atoms with Gasteiger partial charge in [0.15, 0.2) is 0 Å². The molecule has 0 fully saturated rings. The quantitative estimate of drug-likeness (QED) is 0.860. The molecule has 1 aromatic carbocycles. The molecule has 0 aliphatic rings. The van der Waals surface area contributed by atoms with Crippen molar-refractivity contribution in [2.45, 2.75) is 13.0 Å². The summed E-state index contributed by atoms with van der Waals surface area (Å²) in [7, 11) is -2.07. The van der Waals surface area contributed by atoms with Crippen LogP contribution in [0.15, 0.2) is 28.7 Å². The number of nitriles is 1. The normalized spacial score (nSPS) is 11.4. The summed E-state index contributed by atoms with van der Waals surface area (Å²) in [6.45, 7) is 0.415. The first-order valence-electron chi connectivity index (χ1n) is 5.28. The maximum Gasteiger partial charge on any atom is 0.279 e. The van der Waals surface area contributed by atoms with Crippen molar-refractivity contribution in [2.75, 3.05) is 13.6 Å².